The van der Waals surface area contributed by atoms with Crippen LogP contribution in [0.25, 0.3) is 5.69 Å². The molecule has 0 aliphatic heterocycles. The average Bonchev–Trinajstić information content (AvgIpc) is 3.22. The Morgan fingerprint density at radius 3 is 2.69 bits per heavy atom. The molecule has 0 unspecified atom stereocenters. The van der Waals surface area contributed by atoms with Crippen LogP contribution >= 0.6 is 0 Å². The molecule has 0 saturated carbocycles. The molecule has 1 amide bonds. The van der Waals surface area contributed by atoms with Crippen LogP contribution in [0.2, 0.25) is 0 Å². The minimum Gasteiger partial charge on any atom is -0.475 e. The topological polar surface area (TPSA) is 78.3 Å². The molecule has 0 fully saturated rings. The Labute approximate surface area is 151 Å². The van der Waals surface area contributed by atoms with E-state index in [1.807, 2.05) is 36.5 Å². The number of aromatic nitrogens is 3. The molecule has 2 heterocycles. The Balaban J connectivity index is 1.60. The normalized spacial score (nSPS) is 10.5. The monoisotopic (exact) mass is 352 g/mol. The number of ether oxygens (including phenoxy) is 2. The van der Waals surface area contributed by atoms with Crippen LogP contribution in [-0.2, 0) is 11.3 Å². The maximum atomic E-state index is 12.4. The van der Waals surface area contributed by atoms with Gasteiger partial charge in [0.05, 0.1) is 12.3 Å². The van der Waals surface area contributed by atoms with Crippen molar-refractivity contribution in [2.24, 2.45) is 0 Å². The predicted molar refractivity (Wildman–Crippen MR) is 96.3 cm³/mol. The zero-order valence-electron chi connectivity index (χ0n) is 14.5. The molecule has 3 aromatic rings. The van der Waals surface area contributed by atoms with Crippen molar-refractivity contribution < 1.29 is 14.3 Å². The van der Waals surface area contributed by atoms with Crippen LogP contribution in [0, 0.1) is 0 Å². The van der Waals surface area contributed by atoms with E-state index in [1.165, 1.54) is 0 Å². The van der Waals surface area contributed by atoms with E-state index in [9.17, 15) is 4.79 Å². The summed E-state index contributed by atoms with van der Waals surface area (Å²) >= 11 is 0. The fourth-order valence-corrected chi connectivity index (χ4v) is 2.37. The molecule has 0 spiro atoms. The second-order valence-corrected chi connectivity index (χ2v) is 5.50. The lowest BCUT2D eigenvalue weighted by atomic mass is 10.2. The van der Waals surface area contributed by atoms with Crippen molar-refractivity contribution in [3.63, 3.8) is 0 Å². The molecule has 0 aliphatic carbocycles. The van der Waals surface area contributed by atoms with Crippen LogP contribution in [0.3, 0.4) is 0 Å². The number of benzene rings is 1. The quantitative estimate of drug-likeness (QED) is 0.629. The van der Waals surface area contributed by atoms with Crippen molar-refractivity contribution in [1.29, 1.82) is 0 Å². The van der Waals surface area contributed by atoms with Gasteiger partial charge in [-0.3, -0.25) is 4.79 Å². The van der Waals surface area contributed by atoms with Gasteiger partial charge in [0, 0.05) is 32.2 Å². The van der Waals surface area contributed by atoms with E-state index >= 15 is 0 Å². The van der Waals surface area contributed by atoms with Gasteiger partial charge in [0.1, 0.15) is 12.2 Å². The lowest BCUT2D eigenvalue weighted by Crippen LogP contribution is -2.24. The fourth-order valence-electron chi connectivity index (χ4n) is 2.37. The number of carbonyl (C=O) groups excluding carboxylic acids is 1. The van der Waals surface area contributed by atoms with Crippen LogP contribution in [0.5, 0.6) is 5.88 Å². The molecule has 0 saturated heterocycles. The molecular formula is C19H20N4O3. The van der Waals surface area contributed by atoms with Crippen molar-refractivity contribution in [2.75, 3.05) is 20.3 Å². The maximum absolute atomic E-state index is 12.4. The Morgan fingerprint density at radius 2 is 1.96 bits per heavy atom. The third kappa shape index (κ3) is 4.46. The number of rotatable bonds is 8. The number of nitrogens with zero attached hydrogens (tertiary/aromatic N) is 3. The van der Waals surface area contributed by atoms with Gasteiger partial charge in [-0.15, -0.1) is 0 Å². The Hall–Kier alpha value is -3.19. The molecule has 0 bridgehead atoms. The molecule has 3 rings (SSSR count). The lowest BCUT2D eigenvalue weighted by Gasteiger charge is -2.10. The van der Waals surface area contributed by atoms with Gasteiger partial charge in [0.2, 0.25) is 5.88 Å². The van der Waals surface area contributed by atoms with Crippen molar-refractivity contribution in [3.8, 4) is 11.6 Å². The summed E-state index contributed by atoms with van der Waals surface area (Å²) in [6.07, 6.45) is 5.20. The van der Waals surface area contributed by atoms with Crippen LogP contribution in [-0.4, -0.2) is 41.0 Å². The number of carbonyl (C=O) groups is 1. The lowest BCUT2D eigenvalue weighted by molar-refractivity contribution is 0.0941. The summed E-state index contributed by atoms with van der Waals surface area (Å²) in [7, 11) is 1.59. The molecule has 0 aliphatic rings. The van der Waals surface area contributed by atoms with Crippen LogP contribution in [0.4, 0.5) is 0 Å². The van der Waals surface area contributed by atoms with Crippen molar-refractivity contribution in [2.45, 2.75) is 6.54 Å². The van der Waals surface area contributed by atoms with Gasteiger partial charge in [0.25, 0.3) is 5.91 Å². The van der Waals surface area contributed by atoms with Gasteiger partial charge in [0.15, 0.2) is 0 Å². The molecule has 0 radical (unpaired) electrons. The minimum atomic E-state index is -0.235. The van der Waals surface area contributed by atoms with Gasteiger partial charge in [-0.05, 0) is 35.9 Å². The number of nitrogens with one attached hydrogen (secondary N) is 1. The van der Waals surface area contributed by atoms with E-state index in [1.54, 1.807) is 36.3 Å². The Kier molecular flexibility index (Phi) is 5.95. The van der Waals surface area contributed by atoms with Crippen molar-refractivity contribution in [3.05, 3.63) is 72.2 Å². The van der Waals surface area contributed by atoms with Crippen LogP contribution < -0.4 is 10.1 Å². The molecule has 26 heavy (non-hydrogen) atoms. The molecule has 7 nitrogen and oxygen atoms in total. The third-order valence-corrected chi connectivity index (χ3v) is 3.70. The summed E-state index contributed by atoms with van der Waals surface area (Å²) in [6, 6.07) is 13.1. The standard InChI is InChI=1S/C19H20N4O3/c1-25-12-13-26-19-17(4-2-9-20-19)18(24)21-14-15-5-7-16(8-6-15)23-11-3-10-22-23/h2-11H,12-14H2,1H3,(H,21,24). The number of amides is 1. The first-order valence-electron chi connectivity index (χ1n) is 8.22. The number of hydrogen-bond acceptors (Lipinski definition) is 5. The van der Waals surface area contributed by atoms with Crippen LogP contribution in [0.1, 0.15) is 15.9 Å². The van der Waals surface area contributed by atoms with Gasteiger partial charge in [-0.1, -0.05) is 12.1 Å². The number of pyridine rings is 1. The Bertz CT molecular complexity index is 832. The summed E-state index contributed by atoms with van der Waals surface area (Å²) in [4.78, 5) is 16.6. The molecular weight excluding hydrogens is 332 g/mol. The van der Waals surface area contributed by atoms with Crippen molar-refractivity contribution >= 4 is 5.91 Å². The highest BCUT2D eigenvalue weighted by molar-refractivity contribution is 5.96. The van der Waals surface area contributed by atoms with Gasteiger partial charge < -0.3 is 14.8 Å². The SMILES string of the molecule is COCCOc1ncccc1C(=O)NCc1ccc(-n2cccn2)cc1. The molecule has 7 heteroatoms. The summed E-state index contributed by atoms with van der Waals surface area (Å²) in [5.41, 5.74) is 2.35. The van der Waals surface area contributed by atoms with E-state index in [0.29, 0.717) is 31.2 Å². The minimum absolute atomic E-state index is 0.235. The van der Waals surface area contributed by atoms with Crippen molar-refractivity contribution in [1.82, 2.24) is 20.1 Å². The van der Waals surface area contributed by atoms with Gasteiger partial charge >= 0.3 is 0 Å². The van der Waals surface area contributed by atoms with E-state index in [2.05, 4.69) is 15.4 Å². The molecule has 1 aromatic carbocycles. The third-order valence-electron chi connectivity index (χ3n) is 3.70. The zero-order chi connectivity index (χ0) is 18.2. The molecule has 0 atom stereocenters. The van der Waals surface area contributed by atoms with Gasteiger partial charge in [-0.2, -0.15) is 5.10 Å². The fraction of sp³-hybridized carbons (Fsp3) is 0.211. The average molecular weight is 352 g/mol. The van der Waals surface area contributed by atoms with E-state index in [0.717, 1.165) is 11.3 Å². The summed E-state index contributed by atoms with van der Waals surface area (Å²) in [5, 5.41) is 7.08. The Morgan fingerprint density at radius 1 is 1.12 bits per heavy atom. The van der Waals surface area contributed by atoms with Crippen LogP contribution in [0.15, 0.2) is 61.1 Å². The maximum Gasteiger partial charge on any atom is 0.257 e. The zero-order valence-corrected chi connectivity index (χ0v) is 14.5. The highest BCUT2D eigenvalue weighted by Crippen LogP contribution is 2.15. The first-order valence-corrected chi connectivity index (χ1v) is 8.22. The first-order chi connectivity index (χ1) is 12.8. The second-order valence-electron chi connectivity index (χ2n) is 5.50. The number of methoxy groups -OCH3 is 1. The second kappa shape index (κ2) is 8.77. The molecule has 1 N–H and O–H groups in total. The van der Waals surface area contributed by atoms with E-state index in [4.69, 9.17) is 9.47 Å². The van der Waals surface area contributed by atoms with Gasteiger partial charge in [-0.25, -0.2) is 9.67 Å². The summed E-state index contributed by atoms with van der Waals surface area (Å²) < 4.78 is 12.2. The number of hydrogen-bond donors (Lipinski definition) is 1. The predicted octanol–water partition coefficient (Wildman–Crippen LogP) is 2.22. The first kappa shape index (κ1) is 17.6. The largest absolute Gasteiger partial charge is 0.475 e. The van der Waals surface area contributed by atoms with E-state index in [-0.39, 0.29) is 5.91 Å². The highest BCUT2D eigenvalue weighted by Gasteiger charge is 2.13. The summed E-state index contributed by atoms with van der Waals surface area (Å²) in [5.74, 6) is 0.0674. The molecule has 2 aromatic heterocycles. The molecule has 134 valence electrons. The summed E-state index contributed by atoms with van der Waals surface area (Å²) in [6.45, 7) is 1.17. The van der Waals surface area contributed by atoms with E-state index < -0.39 is 0 Å². The smallest absolute Gasteiger partial charge is 0.257 e. The highest BCUT2D eigenvalue weighted by atomic mass is 16.5.